The molecule has 2 heterocycles. The summed E-state index contributed by atoms with van der Waals surface area (Å²) in [5.41, 5.74) is 1.59. The maximum absolute atomic E-state index is 12.3. The van der Waals surface area contributed by atoms with Crippen molar-refractivity contribution < 1.29 is 14.4 Å². The fourth-order valence-corrected chi connectivity index (χ4v) is 3.70. The molecule has 0 saturated carbocycles. The molecule has 3 amide bonds. The number of benzene rings is 1. The van der Waals surface area contributed by atoms with Gasteiger partial charge < -0.3 is 10.2 Å². The number of piperidine rings is 1. The van der Waals surface area contributed by atoms with Gasteiger partial charge in [0.1, 0.15) is 0 Å². The van der Waals surface area contributed by atoms with Crippen molar-refractivity contribution in [1.29, 1.82) is 0 Å². The Bertz CT molecular complexity index is 681. The number of imide groups is 1. The second-order valence-electron chi connectivity index (χ2n) is 7.29. The zero-order chi connectivity index (χ0) is 19.2. The molecule has 1 aromatic carbocycles. The Kier molecular flexibility index (Phi) is 6.58. The molecule has 0 radical (unpaired) electrons. The first-order valence-corrected chi connectivity index (χ1v) is 9.73. The van der Waals surface area contributed by atoms with Crippen molar-refractivity contribution in [3.05, 3.63) is 29.8 Å². The van der Waals surface area contributed by atoms with Gasteiger partial charge in [0.2, 0.25) is 17.7 Å². The molecule has 0 bridgehead atoms. The molecule has 0 aromatic heterocycles. The summed E-state index contributed by atoms with van der Waals surface area (Å²) in [7, 11) is 0. The second-order valence-corrected chi connectivity index (χ2v) is 7.29. The molecule has 7 heteroatoms. The maximum atomic E-state index is 12.3. The smallest absolute Gasteiger partial charge is 0.238 e. The number of piperazine rings is 1. The highest BCUT2D eigenvalue weighted by Gasteiger charge is 2.27. The van der Waals surface area contributed by atoms with Gasteiger partial charge in [0.05, 0.1) is 12.5 Å². The zero-order valence-electron chi connectivity index (χ0n) is 15.9. The third-order valence-electron chi connectivity index (χ3n) is 5.21. The van der Waals surface area contributed by atoms with Crippen LogP contribution in [0.5, 0.6) is 0 Å². The number of hydrogen-bond donors (Lipinski definition) is 2. The van der Waals surface area contributed by atoms with Crippen molar-refractivity contribution in [2.75, 3.05) is 44.6 Å². The summed E-state index contributed by atoms with van der Waals surface area (Å²) in [6.45, 7) is 7.58. The van der Waals surface area contributed by atoms with E-state index in [1.54, 1.807) is 0 Å². The van der Waals surface area contributed by atoms with Crippen LogP contribution in [-0.2, 0) is 14.4 Å². The van der Waals surface area contributed by atoms with E-state index in [1.807, 2.05) is 24.3 Å². The number of carbonyl (C=O) groups excluding carboxylic acids is 3. The van der Waals surface area contributed by atoms with E-state index in [1.165, 1.54) is 0 Å². The minimum Gasteiger partial charge on any atom is -0.325 e. The van der Waals surface area contributed by atoms with E-state index >= 15 is 0 Å². The van der Waals surface area contributed by atoms with Crippen molar-refractivity contribution in [3.8, 4) is 0 Å². The standard InChI is InChI=1S/C20H28N4O3/c1-2-9-23-10-12-24(13-11-23)14-19(26)21-16-5-3-15(4-6-16)17-7-8-18(25)22-20(17)27/h3-6,17H,2,7-14H2,1H3,(H,21,26)(H,22,25,27). The fraction of sp³-hybridized carbons (Fsp3) is 0.550. The molecule has 2 N–H and O–H groups in total. The van der Waals surface area contributed by atoms with Crippen molar-refractivity contribution in [3.63, 3.8) is 0 Å². The lowest BCUT2D eigenvalue weighted by Gasteiger charge is -2.34. The molecule has 2 fully saturated rings. The first kappa shape index (κ1) is 19.5. The van der Waals surface area contributed by atoms with E-state index in [0.717, 1.165) is 50.4 Å². The average molecular weight is 372 g/mol. The Morgan fingerprint density at radius 2 is 1.78 bits per heavy atom. The highest BCUT2D eigenvalue weighted by molar-refractivity contribution is 6.01. The van der Waals surface area contributed by atoms with E-state index in [9.17, 15) is 14.4 Å². The monoisotopic (exact) mass is 372 g/mol. The fourth-order valence-electron chi connectivity index (χ4n) is 3.70. The van der Waals surface area contributed by atoms with Crippen molar-refractivity contribution in [2.45, 2.75) is 32.1 Å². The van der Waals surface area contributed by atoms with Crippen molar-refractivity contribution in [2.24, 2.45) is 0 Å². The molecule has 0 aliphatic carbocycles. The number of nitrogens with zero attached hydrogens (tertiary/aromatic N) is 2. The van der Waals surface area contributed by atoms with Crippen molar-refractivity contribution >= 4 is 23.4 Å². The van der Waals surface area contributed by atoms with Crippen LogP contribution in [0.15, 0.2) is 24.3 Å². The van der Waals surface area contributed by atoms with E-state index in [2.05, 4.69) is 27.4 Å². The molecule has 146 valence electrons. The molecule has 7 nitrogen and oxygen atoms in total. The van der Waals surface area contributed by atoms with Crippen LogP contribution in [0.4, 0.5) is 5.69 Å². The van der Waals surface area contributed by atoms with E-state index < -0.39 is 0 Å². The molecule has 1 unspecified atom stereocenters. The summed E-state index contributed by atoms with van der Waals surface area (Å²) in [5.74, 6) is -0.777. The minimum atomic E-state index is -0.299. The van der Waals surface area contributed by atoms with Gasteiger partial charge in [-0.1, -0.05) is 19.1 Å². The summed E-state index contributed by atoms with van der Waals surface area (Å²) < 4.78 is 0. The molecule has 2 aliphatic heterocycles. The van der Waals surface area contributed by atoms with Gasteiger partial charge in [0.25, 0.3) is 0 Å². The first-order chi connectivity index (χ1) is 13.0. The van der Waals surface area contributed by atoms with Gasteiger partial charge in [0.15, 0.2) is 0 Å². The third-order valence-corrected chi connectivity index (χ3v) is 5.21. The summed E-state index contributed by atoms with van der Waals surface area (Å²) in [6, 6.07) is 7.32. The molecular formula is C20H28N4O3. The molecule has 3 rings (SSSR count). The predicted octanol–water partition coefficient (Wildman–Crippen LogP) is 1.17. The number of nitrogens with one attached hydrogen (secondary N) is 2. The predicted molar refractivity (Wildman–Crippen MR) is 103 cm³/mol. The van der Waals surface area contributed by atoms with Crippen LogP contribution in [0, 0.1) is 0 Å². The lowest BCUT2D eigenvalue weighted by molar-refractivity contribution is -0.134. The van der Waals surface area contributed by atoms with Gasteiger partial charge in [-0.2, -0.15) is 0 Å². The van der Waals surface area contributed by atoms with E-state index in [0.29, 0.717) is 19.4 Å². The quantitative estimate of drug-likeness (QED) is 0.733. The summed E-state index contributed by atoms with van der Waals surface area (Å²) in [4.78, 5) is 40.1. The highest BCUT2D eigenvalue weighted by atomic mass is 16.2. The Morgan fingerprint density at radius 3 is 2.41 bits per heavy atom. The van der Waals surface area contributed by atoms with E-state index in [-0.39, 0.29) is 23.6 Å². The van der Waals surface area contributed by atoms with Crippen LogP contribution in [0.25, 0.3) is 0 Å². The van der Waals surface area contributed by atoms with Crippen LogP contribution in [-0.4, -0.2) is 66.8 Å². The molecule has 1 atom stereocenters. The molecule has 2 saturated heterocycles. The molecule has 2 aliphatic rings. The van der Waals surface area contributed by atoms with Crippen LogP contribution in [0.3, 0.4) is 0 Å². The lowest BCUT2D eigenvalue weighted by atomic mass is 9.90. The number of hydrogen-bond acceptors (Lipinski definition) is 5. The van der Waals surface area contributed by atoms with Crippen LogP contribution in [0.1, 0.15) is 37.7 Å². The Labute approximate surface area is 160 Å². The highest BCUT2D eigenvalue weighted by Crippen LogP contribution is 2.25. The van der Waals surface area contributed by atoms with Gasteiger partial charge in [-0.25, -0.2) is 0 Å². The van der Waals surface area contributed by atoms with Gasteiger partial charge in [-0.15, -0.1) is 0 Å². The average Bonchev–Trinajstić information content (AvgIpc) is 2.64. The van der Waals surface area contributed by atoms with Gasteiger partial charge in [-0.3, -0.25) is 24.6 Å². The second kappa shape index (κ2) is 9.10. The topological polar surface area (TPSA) is 81.8 Å². The SMILES string of the molecule is CCCN1CCN(CC(=O)Nc2ccc(C3CCC(=O)NC3=O)cc2)CC1. The van der Waals surface area contributed by atoms with Gasteiger partial charge in [-0.05, 0) is 37.1 Å². The van der Waals surface area contributed by atoms with Crippen LogP contribution in [0.2, 0.25) is 0 Å². The molecule has 0 spiro atoms. The lowest BCUT2D eigenvalue weighted by Crippen LogP contribution is -2.48. The molecule has 27 heavy (non-hydrogen) atoms. The number of rotatable bonds is 6. The first-order valence-electron chi connectivity index (χ1n) is 9.73. The third kappa shape index (κ3) is 5.37. The zero-order valence-corrected chi connectivity index (χ0v) is 15.9. The Morgan fingerprint density at radius 1 is 1.11 bits per heavy atom. The Balaban J connectivity index is 1.47. The summed E-state index contributed by atoms with van der Waals surface area (Å²) in [5, 5.41) is 5.30. The minimum absolute atomic E-state index is 0.0207. The number of carbonyl (C=O) groups is 3. The molecular weight excluding hydrogens is 344 g/mol. The van der Waals surface area contributed by atoms with Gasteiger partial charge in [0, 0.05) is 38.3 Å². The number of amides is 3. The van der Waals surface area contributed by atoms with Crippen molar-refractivity contribution in [1.82, 2.24) is 15.1 Å². The normalized spacial score (nSPS) is 21.7. The largest absolute Gasteiger partial charge is 0.325 e. The van der Waals surface area contributed by atoms with E-state index in [4.69, 9.17) is 0 Å². The van der Waals surface area contributed by atoms with Crippen LogP contribution < -0.4 is 10.6 Å². The summed E-state index contributed by atoms with van der Waals surface area (Å²) >= 11 is 0. The van der Waals surface area contributed by atoms with Gasteiger partial charge >= 0.3 is 0 Å². The van der Waals surface area contributed by atoms with Crippen LogP contribution >= 0.6 is 0 Å². The molecule has 1 aromatic rings. The summed E-state index contributed by atoms with van der Waals surface area (Å²) in [6.07, 6.45) is 2.05. The maximum Gasteiger partial charge on any atom is 0.238 e. The number of anilines is 1. The Hall–Kier alpha value is -2.25.